The molecule has 0 saturated carbocycles. The Labute approximate surface area is 195 Å². The largest absolute Gasteiger partial charge is 0.507 e. The van der Waals surface area contributed by atoms with E-state index in [9.17, 15) is 14.7 Å². The third kappa shape index (κ3) is 4.23. The first kappa shape index (κ1) is 22.0. The van der Waals surface area contributed by atoms with Gasteiger partial charge in [-0.15, -0.1) is 0 Å². The first-order chi connectivity index (χ1) is 15.4. The van der Waals surface area contributed by atoms with Gasteiger partial charge in [0.25, 0.3) is 11.7 Å². The molecule has 162 valence electrons. The van der Waals surface area contributed by atoms with E-state index in [1.54, 1.807) is 36.7 Å². The summed E-state index contributed by atoms with van der Waals surface area (Å²) in [5.74, 6) is -1.13. The molecule has 1 saturated heterocycles. The van der Waals surface area contributed by atoms with E-state index < -0.39 is 17.7 Å². The molecule has 2 heterocycles. The van der Waals surface area contributed by atoms with E-state index in [1.807, 2.05) is 36.4 Å². The number of nitrogens with zero attached hydrogens (tertiary/aromatic N) is 2. The van der Waals surface area contributed by atoms with Crippen LogP contribution in [0.4, 0.5) is 0 Å². The smallest absolute Gasteiger partial charge is 0.295 e. The lowest BCUT2D eigenvalue weighted by atomic mass is 9.93. The Hall–Kier alpha value is -3.25. The van der Waals surface area contributed by atoms with Crippen LogP contribution >= 0.6 is 15.9 Å². The summed E-state index contributed by atoms with van der Waals surface area (Å²) in [6.07, 6.45) is 3.31. The van der Waals surface area contributed by atoms with Gasteiger partial charge in [-0.3, -0.25) is 14.6 Å². The molecule has 32 heavy (non-hydrogen) atoms. The van der Waals surface area contributed by atoms with Crippen molar-refractivity contribution in [1.29, 1.82) is 0 Å². The van der Waals surface area contributed by atoms with Crippen LogP contribution in [0.2, 0.25) is 0 Å². The Bertz CT molecular complexity index is 1170. The SMILES string of the molecule is CC(C)c1ccc(C2/C(=C(/O)c3ccc(Br)cc3)C(=O)C(=O)N2Cc2ccncc2)cc1. The number of aromatic nitrogens is 1. The zero-order valence-electron chi connectivity index (χ0n) is 17.8. The van der Waals surface area contributed by atoms with E-state index in [1.165, 1.54) is 4.90 Å². The van der Waals surface area contributed by atoms with Crippen molar-refractivity contribution in [3.63, 3.8) is 0 Å². The lowest BCUT2D eigenvalue weighted by molar-refractivity contribution is -0.140. The molecule has 0 bridgehead atoms. The zero-order valence-corrected chi connectivity index (χ0v) is 19.4. The van der Waals surface area contributed by atoms with Crippen molar-refractivity contribution in [2.75, 3.05) is 0 Å². The second kappa shape index (κ2) is 9.09. The van der Waals surface area contributed by atoms with E-state index in [0.717, 1.165) is 21.2 Å². The van der Waals surface area contributed by atoms with Crippen LogP contribution in [-0.4, -0.2) is 26.7 Å². The van der Waals surface area contributed by atoms with Gasteiger partial charge in [-0.2, -0.15) is 0 Å². The van der Waals surface area contributed by atoms with E-state index in [2.05, 4.69) is 34.8 Å². The van der Waals surface area contributed by atoms with Gasteiger partial charge in [0, 0.05) is 29.0 Å². The molecule has 0 spiro atoms. The number of aliphatic hydroxyl groups is 1. The van der Waals surface area contributed by atoms with Gasteiger partial charge in [-0.25, -0.2) is 0 Å². The minimum atomic E-state index is -0.687. The summed E-state index contributed by atoms with van der Waals surface area (Å²) in [7, 11) is 0. The van der Waals surface area contributed by atoms with Crippen LogP contribution in [0, 0.1) is 0 Å². The Kier molecular flexibility index (Phi) is 6.24. The fourth-order valence-corrected chi connectivity index (χ4v) is 4.17. The van der Waals surface area contributed by atoms with Crippen LogP contribution in [0.3, 0.4) is 0 Å². The highest BCUT2D eigenvalue weighted by atomic mass is 79.9. The van der Waals surface area contributed by atoms with Crippen LogP contribution < -0.4 is 0 Å². The molecule has 1 amide bonds. The number of pyridine rings is 1. The van der Waals surface area contributed by atoms with Gasteiger partial charge in [-0.05, 0) is 46.9 Å². The maximum atomic E-state index is 13.1. The number of benzene rings is 2. The number of hydrogen-bond acceptors (Lipinski definition) is 4. The molecule has 2 aromatic carbocycles. The number of Topliss-reactive ketones (excluding diaryl/α,β-unsaturated/α-hetero) is 1. The first-order valence-corrected chi connectivity index (χ1v) is 11.2. The Morgan fingerprint density at radius 2 is 1.62 bits per heavy atom. The molecule has 0 aliphatic carbocycles. The van der Waals surface area contributed by atoms with Gasteiger partial charge >= 0.3 is 0 Å². The number of halogens is 1. The number of carbonyl (C=O) groups excluding carboxylic acids is 2. The van der Waals surface area contributed by atoms with E-state index >= 15 is 0 Å². The highest BCUT2D eigenvalue weighted by molar-refractivity contribution is 9.10. The molecule has 3 aromatic rings. The van der Waals surface area contributed by atoms with Gasteiger partial charge in [0.1, 0.15) is 5.76 Å². The molecule has 0 radical (unpaired) electrons. The van der Waals surface area contributed by atoms with Gasteiger partial charge < -0.3 is 10.0 Å². The summed E-state index contributed by atoms with van der Waals surface area (Å²) in [6.45, 7) is 4.46. The molecule has 1 aromatic heterocycles. The molecule has 1 N–H and O–H groups in total. The topological polar surface area (TPSA) is 70.5 Å². The molecule has 1 aliphatic heterocycles. The van der Waals surface area contributed by atoms with Gasteiger partial charge in [0.15, 0.2) is 0 Å². The molecular formula is C26H23BrN2O3. The summed E-state index contributed by atoms with van der Waals surface area (Å²) in [5, 5.41) is 11.1. The Morgan fingerprint density at radius 3 is 2.22 bits per heavy atom. The summed E-state index contributed by atoms with van der Waals surface area (Å²) < 4.78 is 0.855. The van der Waals surface area contributed by atoms with Crippen LogP contribution in [0.15, 0.2) is 83.1 Å². The highest BCUT2D eigenvalue weighted by Gasteiger charge is 2.46. The van der Waals surface area contributed by atoms with Crippen molar-refractivity contribution in [1.82, 2.24) is 9.88 Å². The number of amides is 1. The maximum Gasteiger partial charge on any atom is 0.295 e. The summed E-state index contributed by atoms with van der Waals surface area (Å²) in [4.78, 5) is 31.7. The number of rotatable bonds is 5. The molecule has 1 atom stereocenters. The van der Waals surface area contributed by atoms with Crippen LogP contribution in [0.25, 0.3) is 5.76 Å². The number of ketones is 1. The zero-order chi connectivity index (χ0) is 22.8. The Morgan fingerprint density at radius 1 is 1.00 bits per heavy atom. The molecule has 5 nitrogen and oxygen atoms in total. The summed E-state index contributed by atoms with van der Waals surface area (Å²) in [6, 6.07) is 17.8. The second-order valence-electron chi connectivity index (χ2n) is 8.11. The molecule has 4 rings (SSSR count). The van der Waals surface area contributed by atoms with Crippen molar-refractivity contribution in [3.05, 3.63) is 105 Å². The normalized spacial score (nSPS) is 17.9. The molecule has 1 fully saturated rings. The van der Waals surface area contributed by atoms with Gasteiger partial charge in [0.2, 0.25) is 0 Å². The Balaban J connectivity index is 1.84. The van der Waals surface area contributed by atoms with Crippen molar-refractivity contribution >= 4 is 33.4 Å². The van der Waals surface area contributed by atoms with Crippen molar-refractivity contribution in [2.45, 2.75) is 32.4 Å². The highest BCUT2D eigenvalue weighted by Crippen LogP contribution is 2.40. The fourth-order valence-electron chi connectivity index (χ4n) is 3.90. The predicted molar refractivity (Wildman–Crippen MR) is 127 cm³/mol. The lowest BCUT2D eigenvalue weighted by Crippen LogP contribution is -2.29. The minimum Gasteiger partial charge on any atom is -0.507 e. The minimum absolute atomic E-state index is 0.101. The molecule has 6 heteroatoms. The summed E-state index contributed by atoms with van der Waals surface area (Å²) in [5.41, 5.74) is 3.38. The number of likely N-dealkylation sites (tertiary alicyclic amines) is 1. The van der Waals surface area contributed by atoms with Crippen molar-refractivity contribution in [2.24, 2.45) is 0 Å². The third-order valence-corrected chi connectivity index (χ3v) is 6.21. The van der Waals surface area contributed by atoms with Gasteiger partial charge in [-0.1, -0.05) is 66.2 Å². The lowest BCUT2D eigenvalue weighted by Gasteiger charge is -2.25. The van der Waals surface area contributed by atoms with Crippen LogP contribution in [0.5, 0.6) is 0 Å². The fraction of sp³-hybridized carbons (Fsp3) is 0.192. The van der Waals surface area contributed by atoms with Crippen LogP contribution in [-0.2, 0) is 16.1 Å². The van der Waals surface area contributed by atoms with E-state index in [4.69, 9.17) is 0 Å². The molecule has 1 unspecified atom stereocenters. The number of aliphatic hydroxyl groups excluding tert-OH is 1. The monoisotopic (exact) mass is 490 g/mol. The molecular weight excluding hydrogens is 468 g/mol. The predicted octanol–water partition coefficient (Wildman–Crippen LogP) is 5.59. The first-order valence-electron chi connectivity index (χ1n) is 10.4. The standard InChI is InChI=1S/C26H23BrN2O3/c1-16(2)18-3-5-19(6-4-18)23-22(24(30)20-7-9-21(27)10-8-20)25(31)26(32)29(23)15-17-11-13-28-14-12-17/h3-14,16,23,30H,15H2,1-2H3/b24-22-. The number of hydrogen-bond donors (Lipinski definition) is 1. The second-order valence-corrected chi connectivity index (χ2v) is 9.03. The molecule has 1 aliphatic rings. The van der Waals surface area contributed by atoms with Crippen molar-refractivity contribution in [3.8, 4) is 0 Å². The van der Waals surface area contributed by atoms with Crippen molar-refractivity contribution < 1.29 is 14.7 Å². The van der Waals surface area contributed by atoms with Gasteiger partial charge in [0.05, 0.1) is 11.6 Å². The van der Waals surface area contributed by atoms with E-state index in [-0.39, 0.29) is 17.9 Å². The average Bonchev–Trinajstić information content (AvgIpc) is 3.05. The number of carbonyl (C=O) groups is 2. The van der Waals surface area contributed by atoms with Crippen LogP contribution in [0.1, 0.15) is 48.1 Å². The van der Waals surface area contributed by atoms with E-state index in [0.29, 0.717) is 11.5 Å². The summed E-state index contributed by atoms with van der Waals surface area (Å²) >= 11 is 3.38. The maximum absolute atomic E-state index is 13.1. The quantitative estimate of drug-likeness (QED) is 0.287. The third-order valence-electron chi connectivity index (χ3n) is 5.68. The average molecular weight is 491 g/mol.